The summed E-state index contributed by atoms with van der Waals surface area (Å²) >= 11 is 14.4. The number of aliphatic hydroxyl groups is 1. The second kappa shape index (κ2) is 9.27. The van der Waals surface area contributed by atoms with E-state index in [0.717, 1.165) is 7.11 Å². The summed E-state index contributed by atoms with van der Waals surface area (Å²) < 4.78 is -0.750. The molecule has 0 aliphatic heterocycles. The molecule has 0 aromatic carbocycles. The van der Waals surface area contributed by atoms with Crippen molar-refractivity contribution in [2.75, 3.05) is 7.11 Å². The van der Waals surface area contributed by atoms with Gasteiger partial charge in [0.1, 0.15) is 0 Å². The number of rotatable bonds is 0. The van der Waals surface area contributed by atoms with Crippen molar-refractivity contribution >= 4 is 34.8 Å². The van der Waals surface area contributed by atoms with Gasteiger partial charge < -0.3 is 5.11 Å². The van der Waals surface area contributed by atoms with Gasteiger partial charge in [0, 0.05) is 8.54 Å². The monoisotopic (exact) mass is 152 g/mol. The van der Waals surface area contributed by atoms with Crippen LogP contribution in [0.1, 0.15) is 1.43 Å². The third kappa shape index (κ3) is 103. The molecule has 42 valence electrons. The highest BCUT2D eigenvalue weighted by molar-refractivity contribution is 6.63. The summed E-state index contributed by atoms with van der Waals surface area (Å²) in [5.41, 5.74) is 0. The van der Waals surface area contributed by atoms with Crippen LogP contribution in [-0.2, 0) is 0 Å². The minimum Gasteiger partial charge on any atom is -0.400 e. The van der Waals surface area contributed by atoms with Crippen molar-refractivity contribution in [2.45, 2.75) is 4.30 Å². The van der Waals surface area contributed by atoms with Crippen LogP contribution in [0.15, 0.2) is 0 Å². The van der Waals surface area contributed by atoms with E-state index in [-0.39, 0.29) is 1.43 Å². The minimum absolute atomic E-state index is 0. The van der Waals surface area contributed by atoms with Crippen molar-refractivity contribution in [3.8, 4) is 0 Å². The summed E-state index contributed by atoms with van der Waals surface area (Å²) in [7, 11) is 1.00. The highest BCUT2D eigenvalue weighted by Gasteiger charge is 1.78. The molecule has 0 saturated carbocycles. The van der Waals surface area contributed by atoms with Gasteiger partial charge in [-0.3, -0.25) is 0 Å². The SMILES string of the molecule is CO.ClC(Cl)Cl.[HH]. The fourth-order valence-corrected chi connectivity index (χ4v) is 0. The number of halogens is 3. The van der Waals surface area contributed by atoms with Gasteiger partial charge in [-0.1, -0.05) is 34.8 Å². The van der Waals surface area contributed by atoms with Crippen LogP contribution in [0.25, 0.3) is 0 Å². The molecule has 4 heteroatoms. The van der Waals surface area contributed by atoms with Gasteiger partial charge in [-0.2, -0.15) is 0 Å². The smallest absolute Gasteiger partial charge is 0.180 e. The molecule has 1 nitrogen and oxygen atoms in total. The van der Waals surface area contributed by atoms with Gasteiger partial charge in [0.2, 0.25) is 0 Å². The molecule has 0 bridgehead atoms. The zero-order valence-corrected chi connectivity index (χ0v) is 5.43. The lowest BCUT2D eigenvalue weighted by Crippen LogP contribution is -1.55. The van der Waals surface area contributed by atoms with Crippen LogP contribution in [0.4, 0.5) is 0 Å². The summed E-state index contributed by atoms with van der Waals surface area (Å²) in [5.74, 6) is 0. The Hall–Kier alpha value is 0.830. The molecule has 0 rings (SSSR count). The normalized spacial score (nSPS) is 7.00. The Labute approximate surface area is 53.3 Å². The molecular formula is C2H7Cl3O. The van der Waals surface area contributed by atoms with Crippen LogP contribution in [0.3, 0.4) is 0 Å². The fraction of sp³-hybridized carbons (Fsp3) is 1.00. The Balaban J connectivity index is -0.0000000480. The van der Waals surface area contributed by atoms with E-state index in [1.54, 1.807) is 0 Å². The molecule has 0 heterocycles. The van der Waals surface area contributed by atoms with Crippen LogP contribution < -0.4 is 0 Å². The number of aliphatic hydroxyl groups excluding tert-OH is 1. The van der Waals surface area contributed by atoms with Gasteiger partial charge in [0.25, 0.3) is 0 Å². The molecule has 0 aliphatic rings. The van der Waals surface area contributed by atoms with E-state index in [2.05, 4.69) is 0 Å². The van der Waals surface area contributed by atoms with Gasteiger partial charge in [-0.15, -0.1) is 0 Å². The van der Waals surface area contributed by atoms with Gasteiger partial charge in [0.15, 0.2) is 4.30 Å². The average Bonchev–Trinajstić information content (AvgIpc) is 1.41. The van der Waals surface area contributed by atoms with Gasteiger partial charge in [-0.25, -0.2) is 0 Å². The summed E-state index contributed by atoms with van der Waals surface area (Å²) in [6, 6.07) is 0. The van der Waals surface area contributed by atoms with Crippen molar-refractivity contribution in [3.05, 3.63) is 0 Å². The summed E-state index contributed by atoms with van der Waals surface area (Å²) in [6.07, 6.45) is 0. The Morgan fingerprint density at radius 3 is 1.33 bits per heavy atom. The highest BCUT2D eigenvalue weighted by Crippen LogP contribution is 2.03. The van der Waals surface area contributed by atoms with Crippen molar-refractivity contribution in [3.63, 3.8) is 0 Å². The van der Waals surface area contributed by atoms with Crippen LogP contribution in [0.5, 0.6) is 0 Å². The lowest BCUT2D eigenvalue weighted by atomic mass is 11.8. The van der Waals surface area contributed by atoms with E-state index >= 15 is 0 Å². The lowest BCUT2D eigenvalue weighted by molar-refractivity contribution is 0.399. The first-order valence-electron chi connectivity index (χ1n) is 1.10. The van der Waals surface area contributed by atoms with Crippen molar-refractivity contribution in [1.29, 1.82) is 0 Å². The molecule has 0 unspecified atom stereocenters. The van der Waals surface area contributed by atoms with Gasteiger partial charge in [0.05, 0.1) is 0 Å². The van der Waals surface area contributed by atoms with E-state index in [1.165, 1.54) is 0 Å². The summed E-state index contributed by atoms with van der Waals surface area (Å²) in [6.45, 7) is 0. The summed E-state index contributed by atoms with van der Waals surface area (Å²) in [4.78, 5) is 0. The molecule has 0 saturated heterocycles. The first-order valence-corrected chi connectivity index (χ1v) is 2.41. The standard InChI is InChI=1S/CHCl3.CH4O.H2/c2-1(3)4;1-2;/h1H;2H,1H3;1H. The average molecular weight is 153 g/mol. The topological polar surface area (TPSA) is 20.2 Å². The first-order chi connectivity index (χ1) is 2.73. The zero-order valence-electron chi connectivity index (χ0n) is 3.16. The number of hydrogen-bond donors (Lipinski definition) is 1. The molecule has 0 amide bonds. The van der Waals surface area contributed by atoms with E-state index in [0.29, 0.717) is 0 Å². The van der Waals surface area contributed by atoms with Crippen LogP contribution in [-0.4, -0.2) is 16.5 Å². The molecule has 0 aliphatic carbocycles. The molecule has 0 fully saturated rings. The maximum atomic E-state index is 7.00. The van der Waals surface area contributed by atoms with Crippen molar-refractivity contribution < 1.29 is 6.53 Å². The second-order valence-corrected chi connectivity index (χ2v) is 2.23. The first kappa shape index (κ1) is 9.95. The largest absolute Gasteiger partial charge is 0.400 e. The maximum Gasteiger partial charge on any atom is 0.180 e. The molecule has 0 radical (unpaired) electrons. The molecule has 6 heavy (non-hydrogen) atoms. The maximum absolute atomic E-state index is 7.00. The second-order valence-electron chi connectivity index (χ2n) is 0.247. The Morgan fingerprint density at radius 1 is 1.33 bits per heavy atom. The number of alkyl halides is 3. The Bertz CT molecular complexity index is 17.7. The lowest BCUT2D eigenvalue weighted by Gasteiger charge is -1.69. The van der Waals surface area contributed by atoms with Crippen molar-refractivity contribution in [2.24, 2.45) is 0 Å². The van der Waals surface area contributed by atoms with Crippen molar-refractivity contribution in [1.82, 2.24) is 0 Å². The van der Waals surface area contributed by atoms with Crippen LogP contribution >= 0.6 is 34.8 Å². The van der Waals surface area contributed by atoms with Crippen LogP contribution in [0, 0.1) is 0 Å². The molecule has 0 aromatic heterocycles. The van der Waals surface area contributed by atoms with E-state index < -0.39 is 4.30 Å². The van der Waals surface area contributed by atoms with E-state index in [4.69, 9.17) is 39.9 Å². The fourth-order valence-electron chi connectivity index (χ4n) is 0. The quantitative estimate of drug-likeness (QED) is 0.527. The Morgan fingerprint density at radius 2 is 1.33 bits per heavy atom. The van der Waals surface area contributed by atoms with E-state index in [9.17, 15) is 0 Å². The molecule has 0 aromatic rings. The van der Waals surface area contributed by atoms with Gasteiger partial charge >= 0.3 is 0 Å². The predicted octanol–water partition coefficient (Wildman–Crippen LogP) is 1.84. The number of hydrogen-bond acceptors (Lipinski definition) is 1. The molecule has 0 atom stereocenters. The van der Waals surface area contributed by atoms with Crippen LogP contribution in [0.2, 0.25) is 0 Å². The Kier molecular flexibility index (Phi) is 15.4. The molecule has 0 spiro atoms. The highest BCUT2D eigenvalue weighted by atomic mass is 35.6. The third-order valence-corrected chi connectivity index (χ3v) is 0. The predicted molar refractivity (Wildman–Crippen MR) is 31.6 cm³/mol. The summed E-state index contributed by atoms with van der Waals surface area (Å²) in [5, 5.41) is 7.00. The minimum atomic E-state index is -0.750. The van der Waals surface area contributed by atoms with Gasteiger partial charge in [-0.05, 0) is 0 Å². The molecular weight excluding hydrogens is 146 g/mol. The third-order valence-electron chi connectivity index (χ3n) is 0. The van der Waals surface area contributed by atoms with E-state index in [1.807, 2.05) is 0 Å². The molecule has 1 N–H and O–H groups in total. The zero-order chi connectivity index (χ0) is 5.58.